The molecule has 1 aromatic rings. The topological polar surface area (TPSA) is 91.2 Å². The molecule has 1 saturated carbocycles. The first kappa shape index (κ1) is 27.7. The molecule has 0 unspecified atom stereocenters. The van der Waals surface area contributed by atoms with E-state index in [1.54, 1.807) is 0 Å². The van der Waals surface area contributed by atoms with E-state index in [9.17, 15) is 32.4 Å². The second-order valence-corrected chi connectivity index (χ2v) is 10.1. The number of hydrogen-bond donors (Lipinski definition) is 2. The lowest BCUT2D eigenvalue weighted by Gasteiger charge is -2.31. The van der Waals surface area contributed by atoms with Crippen molar-refractivity contribution in [2.45, 2.75) is 94.9 Å². The highest BCUT2D eigenvalue weighted by Gasteiger charge is 2.48. The maximum atomic E-state index is 14.5. The summed E-state index contributed by atoms with van der Waals surface area (Å²) >= 11 is 0. The Bertz CT molecular complexity index is 1060. The zero-order valence-electron chi connectivity index (χ0n) is 20.8. The van der Waals surface area contributed by atoms with Gasteiger partial charge in [0, 0.05) is 18.1 Å². The number of hydrogen-bond acceptors (Lipinski definition) is 5. The third-order valence-corrected chi connectivity index (χ3v) is 6.77. The standard InChI is InChI=1S/C26H31F4N3O3/c1-5-25(6-2)18(13-20(34)36-25)16-7-9-17(10-8-16)21(26(28,29)30)32-19(14-23(3,4)27)22(35)33-24(15-31)11-12-24/h7-10,13,19,21,32H,5-6,11-12,14H2,1-4H3,(H,33,35)/t19-,21-/m0/s1. The normalized spacial score (nSPS) is 20.1. The molecule has 36 heavy (non-hydrogen) atoms. The molecule has 0 radical (unpaired) electrons. The van der Waals surface area contributed by atoms with E-state index in [0.717, 1.165) is 0 Å². The van der Waals surface area contributed by atoms with Gasteiger partial charge in [0.25, 0.3) is 0 Å². The van der Waals surface area contributed by atoms with E-state index in [2.05, 4.69) is 10.6 Å². The predicted octanol–water partition coefficient (Wildman–Crippen LogP) is 5.06. The first-order valence-electron chi connectivity index (χ1n) is 12.0. The van der Waals surface area contributed by atoms with E-state index in [-0.39, 0.29) is 5.56 Å². The number of nitriles is 1. The second kappa shape index (κ2) is 9.85. The van der Waals surface area contributed by atoms with E-state index >= 15 is 0 Å². The Morgan fingerprint density at radius 2 is 1.72 bits per heavy atom. The molecule has 0 saturated heterocycles. The Morgan fingerprint density at radius 1 is 1.14 bits per heavy atom. The van der Waals surface area contributed by atoms with Gasteiger partial charge in [-0.15, -0.1) is 0 Å². The number of cyclic esters (lactones) is 1. The lowest BCUT2D eigenvalue weighted by molar-refractivity contribution is -0.161. The fraction of sp³-hybridized carbons (Fsp3) is 0.577. The van der Waals surface area contributed by atoms with Gasteiger partial charge in [-0.3, -0.25) is 10.1 Å². The Hall–Kier alpha value is -2.93. The van der Waals surface area contributed by atoms with Crippen LogP contribution in [0, 0.1) is 11.3 Å². The summed E-state index contributed by atoms with van der Waals surface area (Å²) in [7, 11) is 0. The van der Waals surface area contributed by atoms with Crippen molar-refractivity contribution in [2.75, 3.05) is 0 Å². The molecule has 0 spiro atoms. The number of nitrogens with one attached hydrogen (secondary N) is 2. The van der Waals surface area contributed by atoms with Crippen LogP contribution in [0.3, 0.4) is 0 Å². The van der Waals surface area contributed by atoms with Crippen molar-refractivity contribution in [1.29, 1.82) is 5.26 Å². The van der Waals surface area contributed by atoms with E-state index in [1.165, 1.54) is 44.2 Å². The molecule has 0 bridgehead atoms. The van der Waals surface area contributed by atoms with Crippen molar-refractivity contribution >= 4 is 17.4 Å². The molecule has 6 nitrogen and oxygen atoms in total. The van der Waals surface area contributed by atoms with Gasteiger partial charge < -0.3 is 10.1 Å². The molecule has 3 rings (SSSR count). The molecular formula is C26H31F4N3O3. The van der Waals surface area contributed by atoms with Crippen molar-refractivity contribution in [3.05, 3.63) is 41.5 Å². The van der Waals surface area contributed by atoms with Gasteiger partial charge in [0.15, 0.2) is 0 Å². The number of amides is 1. The van der Waals surface area contributed by atoms with E-state index in [1.807, 2.05) is 19.9 Å². The molecule has 1 amide bonds. The zero-order chi connectivity index (χ0) is 26.9. The Balaban J connectivity index is 1.90. The fourth-order valence-corrected chi connectivity index (χ4v) is 4.51. The summed E-state index contributed by atoms with van der Waals surface area (Å²) in [5.41, 5.74) is -2.90. The first-order valence-corrected chi connectivity index (χ1v) is 12.0. The summed E-state index contributed by atoms with van der Waals surface area (Å²) in [6, 6.07) is 3.66. The minimum Gasteiger partial charge on any atom is -0.451 e. The van der Waals surface area contributed by atoms with Gasteiger partial charge in [0.2, 0.25) is 5.91 Å². The molecule has 2 atom stereocenters. The van der Waals surface area contributed by atoms with E-state index in [4.69, 9.17) is 4.74 Å². The first-order chi connectivity index (χ1) is 16.7. The summed E-state index contributed by atoms with van der Waals surface area (Å²) in [6.07, 6.45) is -2.16. The van der Waals surface area contributed by atoms with Crippen LogP contribution in [0.2, 0.25) is 0 Å². The van der Waals surface area contributed by atoms with Crippen LogP contribution in [0.5, 0.6) is 0 Å². The van der Waals surface area contributed by atoms with Gasteiger partial charge in [-0.1, -0.05) is 38.1 Å². The molecule has 2 aliphatic rings. The van der Waals surface area contributed by atoms with Gasteiger partial charge in [0.1, 0.15) is 22.9 Å². The minimum absolute atomic E-state index is 0.174. The Morgan fingerprint density at radius 3 is 2.17 bits per heavy atom. The predicted molar refractivity (Wildman–Crippen MR) is 125 cm³/mol. The smallest absolute Gasteiger partial charge is 0.407 e. The highest BCUT2D eigenvalue weighted by molar-refractivity contribution is 5.98. The summed E-state index contributed by atoms with van der Waals surface area (Å²) < 4.78 is 62.4. The van der Waals surface area contributed by atoms with Crippen LogP contribution in [0.1, 0.15) is 77.0 Å². The zero-order valence-corrected chi connectivity index (χ0v) is 20.8. The van der Waals surface area contributed by atoms with Crippen LogP contribution < -0.4 is 10.6 Å². The van der Waals surface area contributed by atoms with Crippen LogP contribution in [-0.4, -0.2) is 40.9 Å². The monoisotopic (exact) mass is 509 g/mol. The fourth-order valence-electron chi connectivity index (χ4n) is 4.51. The van der Waals surface area contributed by atoms with Crippen LogP contribution in [0.4, 0.5) is 17.6 Å². The van der Waals surface area contributed by atoms with Gasteiger partial charge in [-0.05, 0) is 50.7 Å². The number of alkyl halides is 4. The summed E-state index contributed by atoms with van der Waals surface area (Å²) in [4.78, 5) is 24.8. The number of esters is 1. The SMILES string of the molecule is CCC1(CC)OC(=O)C=C1c1ccc([C@H](N[C@@H](CC(C)(C)F)C(=O)NC2(C#N)CC2)C(F)(F)F)cc1. The molecule has 1 aliphatic carbocycles. The summed E-state index contributed by atoms with van der Waals surface area (Å²) in [5, 5.41) is 14.0. The third kappa shape index (κ3) is 6.06. The molecule has 196 valence electrons. The number of benzene rings is 1. The average molecular weight is 510 g/mol. The number of rotatable bonds is 10. The third-order valence-electron chi connectivity index (χ3n) is 6.77. The maximum Gasteiger partial charge on any atom is 0.407 e. The molecule has 1 heterocycles. The second-order valence-electron chi connectivity index (χ2n) is 10.1. The van der Waals surface area contributed by atoms with Gasteiger partial charge in [0.05, 0.1) is 12.1 Å². The number of ether oxygens (including phenoxy) is 1. The van der Waals surface area contributed by atoms with Crippen molar-refractivity contribution in [3.8, 4) is 6.07 Å². The van der Waals surface area contributed by atoms with Crippen LogP contribution in [-0.2, 0) is 14.3 Å². The van der Waals surface area contributed by atoms with E-state index in [0.29, 0.717) is 36.8 Å². The lowest BCUT2D eigenvalue weighted by Crippen LogP contribution is -2.53. The Kier molecular flexibility index (Phi) is 7.56. The molecule has 2 N–H and O–H groups in total. The average Bonchev–Trinajstić information content (AvgIpc) is 3.48. The van der Waals surface area contributed by atoms with Crippen molar-refractivity contribution in [1.82, 2.24) is 10.6 Å². The van der Waals surface area contributed by atoms with Gasteiger partial charge in [-0.2, -0.15) is 18.4 Å². The molecule has 0 aromatic heterocycles. The maximum absolute atomic E-state index is 14.5. The molecule has 1 aromatic carbocycles. The minimum atomic E-state index is -4.80. The molecule has 1 aliphatic heterocycles. The Labute approximate surface area is 208 Å². The molecular weight excluding hydrogens is 478 g/mol. The van der Waals surface area contributed by atoms with Gasteiger partial charge >= 0.3 is 12.1 Å². The number of nitrogens with zero attached hydrogens (tertiary/aromatic N) is 1. The number of halogens is 4. The number of carbonyl (C=O) groups is 2. The van der Waals surface area contributed by atoms with Gasteiger partial charge in [-0.25, -0.2) is 9.18 Å². The summed E-state index contributed by atoms with van der Waals surface area (Å²) in [5.74, 6) is -1.35. The lowest BCUT2D eigenvalue weighted by atomic mass is 9.84. The van der Waals surface area contributed by atoms with Crippen molar-refractivity contribution in [3.63, 3.8) is 0 Å². The van der Waals surface area contributed by atoms with Crippen LogP contribution in [0.15, 0.2) is 30.3 Å². The van der Waals surface area contributed by atoms with Crippen molar-refractivity contribution in [2.24, 2.45) is 0 Å². The summed E-state index contributed by atoms with van der Waals surface area (Å²) in [6.45, 7) is 6.08. The van der Waals surface area contributed by atoms with Crippen LogP contribution in [0.25, 0.3) is 5.57 Å². The highest BCUT2D eigenvalue weighted by atomic mass is 19.4. The molecule has 1 fully saturated rings. The largest absolute Gasteiger partial charge is 0.451 e. The van der Waals surface area contributed by atoms with Crippen molar-refractivity contribution < 1.29 is 31.9 Å². The highest BCUT2D eigenvalue weighted by Crippen LogP contribution is 2.42. The number of carbonyl (C=O) groups excluding carboxylic acids is 2. The molecule has 10 heteroatoms. The van der Waals surface area contributed by atoms with Crippen LogP contribution >= 0.6 is 0 Å². The quantitative estimate of drug-likeness (QED) is 0.340. The van der Waals surface area contributed by atoms with E-state index < -0.39 is 53.4 Å².